The van der Waals surface area contributed by atoms with Crippen molar-refractivity contribution >= 4 is 79.2 Å². The summed E-state index contributed by atoms with van der Waals surface area (Å²) in [5.41, 5.74) is -0.277. The molecule has 33 heavy (non-hydrogen) atoms. The molecule has 1 aromatic rings. The molecule has 186 valence electrons. The van der Waals surface area contributed by atoms with E-state index in [2.05, 4.69) is 13.8 Å². The summed E-state index contributed by atoms with van der Waals surface area (Å²) in [6, 6.07) is 4.08. The van der Waals surface area contributed by atoms with E-state index in [4.69, 9.17) is 58.1 Å². The van der Waals surface area contributed by atoms with Gasteiger partial charge in [-0.3, -0.25) is 20.2 Å². The summed E-state index contributed by atoms with van der Waals surface area (Å²) >= 11 is 0. The van der Waals surface area contributed by atoms with Gasteiger partial charge in [-0.2, -0.15) is 0 Å². The zero-order valence-electron chi connectivity index (χ0n) is 17.7. The molecule has 2 fully saturated rings. The first-order valence-electron chi connectivity index (χ1n) is 10.4. The van der Waals surface area contributed by atoms with Gasteiger partial charge in [0.25, 0.3) is 5.69 Å². The van der Waals surface area contributed by atoms with Gasteiger partial charge in [0.2, 0.25) is 0 Å². The molecule has 2 bridgehead atoms. The van der Waals surface area contributed by atoms with E-state index in [1.807, 2.05) is 4.70 Å². The second kappa shape index (κ2) is 8.64. The summed E-state index contributed by atoms with van der Waals surface area (Å²) in [6.07, 6.45) is 5.35. The third-order valence-electron chi connectivity index (χ3n) is 6.92. The zero-order chi connectivity index (χ0) is 25.0. The molecule has 0 saturated heterocycles. The van der Waals surface area contributed by atoms with Crippen LogP contribution in [-0.2, 0) is 0 Å². The van der Waals surface area contributed by atoms with Gasteiger partial charge in [-0.25, -0.2) is 0 Å². The fourth-order valence-corrected chi connectivity index (χ4v) is 5.76. The van der Waals surface area contributed by atoms with E-state index in [1.54, 1.807) is 0 Å². The quantitative estimate of drug-likeness (QED) is 0.134. The van der Waals surface area contributed by atoms with Crippen LogP contribution in [0.25, 0.3) is 0 Å². The molecule has 0 spiro atoms. The number of fused-ring (bicyclic) bond motifs is 5. The van der Waals surface area contributed by atoms with Crippen molar-refractivity contribution in [1.29, 1.82) is 0 Å². The number of rotatable bonds is 5. The molecular weight excluding hydrogens is 671 g/mol. The Morgan fingerprint density at radius 1 is 1.03 bits per heavy atom. The van der Waals surface area contributed by atoms with Gasteiger partial charge in [0.1, 0.15) is 11.6 Å². The molecule has 0 amide bonds. The van der Waals surface area contributed by atoms with Crippen LogP contribution in [0.5, 0.6) is 0 Å². The van der Waals surface area contributed by atoms with Gasteiger partial charge in [0.05, 0.1) is 15.8 Å². The summed E-state index contributed by atoms with van der Waals surface area (Å²) in [4.78, 5) is 21.5. The maximum absolute atomic E-state index is 11.6. The summed E-state index contributed by atoms with van der Waals surface area (Å²) in [7, 11) is 25.0. The summed E-state index contributed by atoms with van der Waals surface area (Å²) in [5.74, 6) is 1.56. The predicted molar refractivity (Wildman–Crippen MR) is 134 cm³/mol. The molecule has 2 saturated carbocycles. The molecule has 15 heteroatoms. The number of hydrogen-bond donors (Lipinski definition) is 0. The number of nitro benzene ring substituents is 2. The van der Waals surface area contributed by atoms with Crippen molar-refractivity contribution in [3.8, 4) is 0 Å². The molecule has 4 atom stereocenters. The molecule has 1 heterocycles. The summed E-state index contributed by atoms with van der Waals surface area (Å²) in [6.45, 7) is 4.29. The monoisotopic (exact) mass is 690 g/mol. The first-order valence-corrected chi connectivity index (χ1v) is 29.8. The molecule has 0 radical (unpaired) electrons. The Balaban J connectivity index is 0.000000383. The number of hydrogen-bond acceptors (Lipinski definition) is 5. The van der Waals surface area contributed by atoms with Crippen molar-refractivity contribution in [2.45, 2.75) is 57.5 Å². The molecule has 1 aromatic carbocycles. The van der Waals surface area contributed by atoms with E-state index < -0.39 is 19.0 Å². The number of nitro groups is 2. The Morgan fingerprint density at radius 3 is 2.06 bits per heavy atom. The number of non-ortho nitro benzene ring substituents is 1. The number of benzene rings is 1. The molecule has 2 aliphatic carbocycles. The van der Waals surface area contributed by atoms with Crippen LogP contribution in [0, 0.1) is 38.0 Å². The molecule has 3 aliphatic rings. The van der Waals surface area contributed by atoms with Crippen LogP contribution in [0.3, 0.4) is 0 Å². The SMILES string of the molecule is CCC1(CC)N=[N+](c2ccc([N+](=O)[O-])cc2[N+](=O)[O-])[C@@H]2[C@H]3CC[C@H](C3)[C@@H]21.[Cl][Sb-]([Cl])([Cl])([Cl])([Cl])[Cl]. The van der Waals surface area contributed by atoms with E-state index in [0.717, 1.165) is 25.3 Å². The molecule has 0 N–H and O–H groups in total. The van der Waals surface area contributed by atoms with Crippen LogP contribution >= 0.6 is 53.0 Å². The van der Waals surface area contributed by atoms with E-state index in [1.165, 1.54) is 25.0 Å². The Bertz CT molecular complexity index is 1020. The number of azo groups is 2. The van der Waals surface area contributed by atoms with Gasteiger partial charge < -0.3 is 0 Å². The molecule has 0 aromatic heterocycles. The zero-order valence-corrected chi connectivity index (χ0v) is 24.8. The van der Waals surface area contributed by atoms with Crippen molar-refractivity contribution in [1.82, 2.24) is 0 Å². The van der Waals surface area contributed by atoms with Gasteiger partial charge >= 0.3 is 73.5 Å². The van der Waals surface area contributed by atoms with E-state index in [0.29, 0.717) is 23.4 Å². The van der Waals surface area contributed by atoms with Crippen LogP contribution in [0.15, 0.2) is 23.3 Å². The topological polar surface area (TPSA) is 102 Å². The van der Waals surface area contributed by atoms with Crippen molar-refractivity contribution in [3.63, 3.8) is 0 Å². The average Bonchev–Trinajstić information content (AvgIpc) is 3.37. The second-order valence-corrected chi connectivity index (χ2v) is 65.6. The minimum atomic E-state index is -5.42. The van der Waals surface area contributed by atoms with Crippen LogP contribution in [0.1, 0.15) is 46.0 Å². The Labute approximate surface area is 210 Å². The van der Waals surface area contributed by atoms with E-state index >= 15 is 0 Å². The third kappa shape index (κ3) is 6.49. The van der Waals surface area contributed by atoms with Gasteiger partial charge in [0.15, 0.2) is 6.04 Å². The van der Waals surface area contributed by atoms with Crippen molar-refractivity contribution < 1.29 is 14.5 Å². The van der Waals surface area contributed by atoms with Crippen molar-refractivity contribution in [3.05, 3.63) is 38.4 Å². The van der Waals surface area contributed by atoms with Crippen LogP contribution in [-0.4, -0.2) is 35.3 Å². The Hall–Kier alpha value is 0.178. The molecule has 0 unspecified atom stereocenters. The fourth-order valence-electron chi connectivity index (χ4n) is 5.76. The minimum absolute atomic E-state index is 0.175. The average molecular weight is 694 g/mol. The van der Waals surface area contributed by atoms with Crippen molar-refractivity contribution in [2.75, 3.05) is 0 Å². The van der Waals surface area contributed by atoms with Gasteiger partial charge in [-0.05, 0) is 43.1 Å². The fraction of sp³-hybridized carbons (Fsp3) is 0.667. The van der Waals surface area contributed by atoms with Crippen molar-refractivity contribution in [2.24, 2.45) is 22.9 Å². The summed E-state index contributed by atoms with van der Waals surface area (Å²) in [5, 5.41) is 27.7. The molecule has 8 nitrogen and oxygen atoms in total. The number of nitrogens with zero attached hydrogens (tertiary/aromatic N) is 4. The van der Waals surface area contributed by atoms with Crippen LogP contribution in [0.2, 0.25) is 0 Å². The molecule has 1 aliphatic heterocycles. The first-order chi connectivity index (χ1) is 14.9. The second-order valence-electron chi connectivity index (χ2n) is 8.75. The Morgan fingerprint density at radius 2 is 1.58 bits per heavy atom. The van der Waals surface area contributed by atoms with Gasteiger partial charge in [0, 0.05) is 18.1 Å². The standard InChI is InChI=1S/C18H23N4O4.6ClH.Sb/c1-3-18(4-2)16-11-5-6-12(9-11)17(16)20(19-18)14-8-7-13(21(23)24)10-15(14)22(25)26;;;;;;;/h7-8,10-12,16-17H,3-6,9H2,1-2H3;6*1H;/q+1;;;;;;;+5/p-6/t11-,12+,16+,17-;;;;;;;/m1......./s1. The van der Waals surface area contributed by atoms with Crippen LogP contribution in [0.4, 0.5) is 17.1 Å². The molecular formula is C18H23Cl6N4O4Sb. The van der Waals surface area contributed by atoms with Crippen LogP contribution < -0.4 is 0 Å². The molecule has 4 rings (SSSR count). The summed E-state index contributed by atoms with van der Waals surface area (Å²) < 4.78 is 1.86. The van der Waals surface area contributed by atoms with Gasteiger partial charge in [-0.1, -0.05) is 18.5 Å². The van der Waals surface area contributed by atoms with E-state index in [9.17, 15) is 20.2 Å². The predicted octanol–water partition coefficient (Wildman–Crippen LogP) is 8.34. The first kappa shape index (κ1) is 27.8. The van der Waals surface area contributed by atoms with Gasteiger partial charge in [-0.15, -0.1) is 0 Å². The maximum atomic E-state index is 11.6. The van der Waals surface area contributed by atoms with E-state index in [-0.39, 0.29) is 23.0 Å². The number of halogens is 6. The Kier molecular flexibility index (Phi) is 7.27. The normalized spacial score (nSPS) is 29.3. The third-order valence-corrected chi connectivity index (χ3v) is 6.92.